The maximum Gasteiger partial charge on any atom is 0.320 e. The third kappa shape index (κ3) is 11.7. The first-order valence-corrected chi connectivity index (χ1v) is 10.7. The molecule has 4 nitrogen and oxygen atoms in total. The molecule has 0 saturated heterocycles. The highest BCUT2D eigenvalue weighted by Gasteiger charge is 2.26. The Hall–Kier alpha value is -2.20. The van der Waals surface area contributed by atoms with Crippen molar-refractivity contribution in [3.8, 4) is 0 Å². The highest BCUT2D eigenvalue weighted by molar-refractivity contribution is 5.73. The normalized spacial score (nSPS) is 18.6. The van der Waals surface area contributed by atoms with Gasteiger partial charge in [0.2, 0.25) is 0 Å². The third-order valence-corrected chi connectivity index (χ3v) is 5.15. The van der Waals surface area contributed by atoms with E-state index in [2.05, 4.69) is 45.9 Å². The van der Waals surface area contributed by atoms with Gasteiger partial charge in [-0.05, 0) is 75.0 Å². The number of carboxylic acid groups (broad SMARTS) is 1. The first kappa shape index (κ1) is 27.8. The maximum atomic E-state index is 10.3. The lowest BCUT2D eigenvalue weighted by Crippen LogP contribution is -2.31. The van der Waals surface area contributed by atoms with Gasteiger partial charge in [-0.2, -0.15) is 0 Å². The number of nitrogens with two attached hydrogens (primary N) is 1. The molecule has 0 radical (unpaired) electrons. The van der Waals surface area contributed by atoms with E-state index < -0.39 is 12.0 Å². The topological polar surface area (TPSA) is 80.4 Å². The molecule has 1 aliphatic rings. The SMILES string of the molecule is CC(C)C[C@H](N)C(=O)O.CC(C=CC=C(C)C=CC1=C(C)CCCC1(C)C)=CC=O. The summed E-state index contributed by atoms with van der Waals surface area (Å²) in [4.78, 5) is 20.4. The van der Waals surface area contributed by atoms with E-state index in [1.54, 1.807) is 6.08 Å². The van der Waals surface area contributed by atoms with Crippen molar-refractivity contribution < 1.29 is 14.7 Å². The quantitative estimate of drug-likeness (QED) is 0.282. The molecule has 0 heterocycles. The van der Waals surface area contributed by atoms with Crippen LogP contribution in [-0.4, -0.2) is 23.4 Å². The highest BCUT2D eigenvalue weighted by atomic mass is 16.4. The minimum atomic E-state index is -0.913. The smallest absolute Gasteiger partial charge is 0.320 e. The Morgan fingerprint density at radius 3 is 2.23 bits per heavy atom. The summed E-state index contributed by atoms with van der Waals surface area (Å²) in [5.74, 6) is -0.556. The molecule has 0 unspecified atom stereocenters. The summed E-state index contributed by atoms with van der Waals surface area (Å²) in [5.41, 5.74) is 10.7. The van der Waals surface area contributed by atoms with Crippen LogP contribution in [0.2, 0.25) is 0 Å². The fraction of sp³-hybridized carbons (Fsp3) is 0.538. The van der Waals surface area contributed by atoms with E-state index in [1.807, 2.05) is 32.9 Å². The fourth-order valence-electron chi connectivity index (χ4n) is 3.40. The molecule has 3 N–H and O–H groups in total. The van der Waals surface area contributed by atoms with Crippen LogP contribution in [0.1, 0.15) is 74.1 Å². The highest BCUT2D eigenvalue weighted by Crippen LogP contribution is 2.40. The minimum absolute atomic E-state index is 0.290. The van der Waals surface area contributed by atoms with Crippen LogP contribution in [0.5, 0.6) is 0 Å². The molecule has 0 amide bonds. The van der Waals surface area contributed by atoms with E-state index >= 15 is 0 Å². The van der Waals surface area contributed by atoms with Crippen LogP contribution in [0.3, 0.4) is 0 Å². The third-order valence-electron chi connectivity index (χ3n) is 5.15. The molecule has 0 saturated carbocycles. The number of carboxylic acids is 1. The molecule has 1 rings (SSSR count). The molecule has 30 heavy (non-hydrogen) atoms. The van der Waals surface area contributed by atoms with Crippen LogP contribution in [0.25, 0.3) is 0 Å². The number of allylic oxidation sites excluding steroid dienone is 10. The fourth-order valence-corrected chi connectivity index (χ4v) is 3.40. The van der Waals surface area contributed by atoms with Crippen molar-refractivity contribution >= 4 is 12.3 Å². The van der Waals surface area contributed by atoms with E-state index in [0.29, 0.717) is 12.3 Å². The van der Waals surface area contributed by atoms with Gasteiger partial charge >= 0.3 is 5.97 Å². The summed E-state index contributed by atoms with van der Waals surface area (Å²) in [6, 6.07) is -0.690. The molecular weight excluding hydrogens is 374 g/mol. The lowest BCUT2D eigenvalue weighted by atomic mass is 9.72. The van der Waals surface area contributed by atoms with Crippen molar-refractivity contribution in [1.29, 1.82) is 0 Å². The van der Waals surface area contributed by atoms with E-state index in [0.717, 1.165) is 11.9 Å². The Morgan fingerprint density at radius 2 is 1.77 bits per heavy atom. The largest absolute Gasteiger partial charge is 0.480 e. The van der Waals surface area contributed by atoms with Gasteiger partial charge in [-0.15, -0.1) is 0 Å². The number of hydrogen-bond acceptors (Lipinski definition) is 3. The van der Waals surface area contributed by atoms with E-state index in [-0.39, 0.29) is 5.41 Å². The Labute approximate surface area is 183 Å². The molecule has 0 aliphatic heterocycles. The second kappa shape index (κ2) is 13.9. The van der Waals surface area contributed by atoms with Gasteiger partial charge in [-0.3, -0.25) is 9.59 Å². The van der Waals surface area contributed by atoms with Gasteiger partial charge in [0.1, 0.15) is 12.3 Å². The Kier molecular flexibility index (Phi) is 12.9. The van der Waals surface area contributed by atoms with Crippen molar-refractivity contribution in [2.75, 3.05) is 0 Å². The van der Waals surface area contributed by atoms with Gasteiger partial charge in [-0.25, -0.2) is 0 Å². The number of aldehydes is 1. The number of hydrogen-bond donors (Lipinski definition) is 2. The lowest BCUT2D eigenvalue weighted by Gasteiger charge is -2.32. The molecule has 4 heteroatoms. The van der Waals surface area contributed by atoms with Crippen molar-refractivity contribution in [2.45, 2.75) is 80.2 Å². The summed E-state index contributed by atoms with van der Waals surface area (Å²) in [5, 5.41) is 8.31. The monoisotopic (exact) mass is 415 g/mol. The number of aliphatic carboxylic acids is 1. The van der Waals surface area contributed by atoms with Gasteiger partial charge < -0.3 is 10.8 Å². The summed E-state index contributed by atoms with van der Waals surface area (Å²) >= 11 is 0. The zero-order chi connectivity index (χ0) is 23.3. The maximum absolute atomic E-state index is 10.3. The zero-order valence-electron chi connectivity index (χ0n) is 19.9. The average Bonchev–Trinajstić information content (AvgIpc) is 2.61. The Morgan fingerprint density at radius 1 is 1.17 bits per heavy atom. The summed E-state index contributed by atoms with van der Waals surface area (Å²) in [6.45, 7) is 14.8. The second-order valence-electron chi connectivity index (χ2n) is 9.16. The van der Waals surface area contributed by atoms with Gasteiger partial charge in [-0.1, -0.05) is 69.2 Å². The van der Waals surface area contributed by atoms with E-state index in [4.69, 9.17) is 10.8 Å². The summed E-state index contributed by atoms with van der Waals surface area (Å²) in [6.07, 6.45) is 17.2. The van der Waals surface area contributed by atoms with Gasteiger partial charge in [0.05, 0.1) is 0 Å². The lowest BCUT2D eigenvalue weighted by molar-refractivity contribution is -0.138. The molecule has 0 spiro atoms. The Balaban J connectivity index is 0.000000787. The summed E-state index contributed by atoms with van der Waals surface area (Å²) in [7, 11) is 0. The van der Waals surface area contributed by atoms with Crippen LogP contribution in [0.4, 0.5) is 0 Å². The van der Waals surface area contributed by atoms with Crippen LogP contribution in [0, 0.1) is 11.3 Å². The number of rotatable bonds is 8. The predicted octanol–water partition coefficient (Wildman–Crippen LogP) is 6.16. The van der Waals surface area contributed by atoms with Crippen molar-refractivity contribution in [1.82, 2.24) is 0 Å². The standard InChI is InChI=1S/C20H28O.C6H13NO2/c1-16(8-6-9-17(2)13-15-21)11-12-19-18(3)10-7-14-20(19,4)5;1-4(2)3-5(7)6(8)9/h6,8-9,11-13,15H,7,10,14H2,1-5H3;4-5H,3,7H2,1-2H3,(H,8,9)/t;5-/m.0/s1. The molecule has 0 aromatic rings. The molecule has 0 aromatic heterocycles. The average molecular weight is 416 g/mol. The molecule has 1 atom stereocenters. The molecule has 0 aromatic carbocycles. The summed E-state index contributed by atoms with van der Waals surface area (Å²) < 4.78 is 0. The van der Waals surface area contributed by atoms with E-state index in [1.165, 1.54) is 36.0 Å². The molecular formula is C26H41NO3. The van der Waals surface area contributed by atoms with Gasteiger partial charge in [0.15, 0.2) is 0 Å². The predicted molar refractivity (Wildman–Crippen MR) is 127 cm³/mol. The molecule has 1 aliphatic carbocycles. The number of carbonyl (C=O) groups is 2. The van der Waals surface area contributed by atoms with Crippen molar-refractivity contribution in [2.24, 2.45) is 17.1 Å². The van der Waals surface area contributed by atoms with Crippen molar-refractivity contribution in [3.05, 3.63) is 58.7 Å². The van der Waals surface area contributed by atoms with Crippen LogP contribution in [-0.2, 0) is 9.59 Å². The van der Waals surface area contributed by atoms with Gasteiger partial charge in [0.25, 0.3) is 0 Å². The van der Waals surface area contributed by atoms with Crippen LogP contribution < -0.4 is 5.73 Å². The van der Waals surface area contributed by atoms with Crippen LogP contribution in [0.15, 0.2) is 58.7 Å². The first-order chi connectivity index (χ1) is 13.9. The first-order valence-electron chi connectivity index (χ1n) is 10.7. The zero-order valence-corrected chi connectivity index (χ0v) is 19.9. The molecule has 0 fully saturated rings. The minimum Gasteiger partial charge on any atom is -0.480 e. The second-order valence-corrected chi connectivity index (χ2v) is 9.16. The molecule has 0 bridgehead atoms. The number of carbonyl (C=O) groups excluding carboxylic acids is 1. The molecule has 168 valence electrons. The van der Waals surface area contributed by atoms with E-state index in [9.17, 15) is 9.59 Å². The van der Waals surface area contributed by atoms with Crippen LogP contribution >= 0.6 is 0 Å². The Bertz CT molecular complexity index is 719. The van der Waals surface area contributed by atoms with Gasteiger partial charge in [0, 0.05) is 0 Å². The van der Waals surface area contributed by atoms with Crippen molar-refractivity contribution in [3.63, 3.8) is 0 Å².